The number of rotatable bonds is 5. The van der Waals surface area contributed by atoms with E-state index in [1.807, 2.05) is 19.1 Å². The number of methoxy groups -OCH3 is 1. The maximum atomic E-state index is 12.4. The van der Waals surface area contributed by atoms with Crippen LogP contribution in [0.4, 0.5) is 5.82 Å². The summed E-state index contributed by atoms with van der Waals surface area (Å²) < 4.78 is 10.2. The lowest BCUT2D eigenvalue weighted by Crippen LogP contribution is -2.44. The van der Waals surface area contributed by atoms with Gasteiger partial charge in [-0.3, -0.25) is 9.69 Å². The first-order valence-corrected chi connectivity index (χ1v) is 8.38. The molecule has 0 saturated carbocycles. The number of nitrogens with zero attached hydrogens (tertiary/aromatic N) is 2. The normalized spacial score (nSPS) is 16.2. The average Bonchev–Trinajstić information content (AvgIpc) is 3.06. The van der Waals surface area contributed by atoms with Crippen LogP contribution in [-0.2, 0) is 4.79 Å². The van der Waals surface area contributed by atoms with Crippen molar-refractivity contribution in [3.05, 3.63) is 47.7 Å². The van der Waals surface area contributed by atoms with Crippen molar-refractivity contribution in [1.82, 2.24) is 10.1 Å². The van der Waals surface area contributed by atoms with E-state index in [-0.39, 0.29) is 11.9 Å². The smallest absolute Gasteiger partial charge is 0.242 e. The zero-order chi connectivity index (χ0) is 17.8. The maximum Gasteiger partial charge on any atom is 0.242 e. The molecule has 6 nitrogen and oxygen atoms in total. The Morgan fingerprint density at radius 3 is 2.68 bits per heavy atom. The number of carbonyl (C=O) groups excluding carboxylic acids is 1. The van der Waals surface area contributed by atoms with Gasteiger partial charge in [0.1, 0.15) is 11.5 Å². The highest BCUT2D eigenvalue weighted by Crippen LogP contribution is 2.25. The van der Waals surface area contributed by atoms with E-state index in [1.165, 1.54) is 11.1 Å². The van der Waals surface area contributed by atoms with Crippen molar-refractivity contribution in [3.8, 4) is 5.75 Å². The van der Waals surface area contributed by atoms with Gasteiger partial charge in [0.05, 0.1) is 13.2 Å². The summed E-state index contributed by atoms with van der Waals surface area (Å²) in [5, 5.41) is 6.60. The van der Waals surface area contributed by atoms with Gasteiger partial charge in [-0.15, -0.1) is 0 Å². The summed E-state index contributed by atoms with van der Waals surface area (Å²) in [6, 6.07) is 9.57. The second-order valence-corrected chi connectivity index (χ2v) is 6.19. The van der Waals surface area contributed by atoms with Gasteiger partial charge in [-0.05, 0) is 43.5 Å². The molecule has 2 heterocycles. The fraction of sp³-hybridized carbons (Fsp3) is 0.368. The van der Waals surface area contributed by atoms with Crippen LogP contribution in [-0.4, -0.2) is 42.2 Å². The molecule has 0 aliphatic carbocycles. The maximum absolute atomic E-state index is 12.4. The minimum Gasteiger partial charge on any atom is -0.497 e. The van der Waals surface area contributed by atoms with Crippen molar-refractivity contribution in [3.63, 3.8) is 0 Å². The Balaban J connectivity index is 1.59. The van der Waals surface area contributed by atoms with Gasteiger partial charge in [0, 0.05) is 19.2 Å². The predicted octanol–water partition coefficient (Wildman–Crippen LogP) is 3.11. The predicted molar refractivity (Wildman–Crippen MR) is 96.5 cm³/mol. The minimum atomic E-state index is -0.231. The number of aromatic nitrogens is 1. The number of benzene rings is 1. The third-order valence-electron chi connectivity index (χ3n) is 4.51. The number of amides is 1. The van der Waals surface area contributed by atoms with Gasteiger partial charge in [0.15, 0.2) is 5.82 Å². The fourth-order valence-electron chi connectivity index (χ4n) is 2.93. The number of hydrogen-bond acceptors (Lipinski definition) is 5. The lowest BCUT2D eigenvalue weighted by atomic mass is 9.98. The molecule has 132 valence electrons. The van der Waals surface area contributed by atoms with Crippen molar-refractivity contribution >= 4 is 17.3 Å². The summed E-state index contributed by atoms with van der Waals surface area (Å²) in [4.78, 5) is 14.5. The lowest BCUT2D eigenvalue weighted by molar-refractivity contribution is -0.120. The number of nitrogens with one attached hydrogen (secondary N) is 1. The van der Waals surface area contributed by atoms with E-state index in [1.54, 1.807) is 20.1 Å². The summed E-state index contributed by atoms with van der Waals surface area (Å²) in [5.41, 5.74) is 2.51. The standard InChI is InChI=1S/C19H23N3O3/c1-13-12-18(21-25-13)20-19(23)14(2)22-10-8-16(9-11-22)15-4-6-17(24-3)7-5-15/h4-8,12,14H,9-11H2,1-3H3,(H,20,21,23)/t14-/m1/s1. The van der Waals surface area contributed by atoms with Crippen LogP contribution in [0.25, 0.3) is 5.57 Å². The summed E-state index contributed by atoms with van der Waals surface area (Å²) in [6.07, 6.45) is 3.10. The van der Waals surface area contributed by atoms with Crippen molar-refractivity contribution in [1.29, 1.82) is 0 Å². The Morgan fingerprint density at radius 1 is 1.36 bits per heavy atom. The van der Waals surface area contributed by atoms with E-state index < -0.39 is 0 Å². The van der Waals surface area contributed by atoms with E-state index in [9.17, 15) is 4.79 Å². The topological polar surface area (TPSA) is 67.6 Å². The molecule has 1 N–H and O–H groups in total. The largest absolute Gasteiger partial charge is 0.497 e. The molecule has 0 spiro atoms. The number of aryl methyl sites for hydroxylation is 1. The lowest BCUT2D eigenvalue weighted by Gasteiger charge is -2.30. The number of anilines is 1. The Labute approximate surface area is 147 Å². The summed E-state index contributed by atoms with van der Waals surface area (Å²) in [7, 11) is 1.67. The van der Waals surface area contributed by atoms with Gasteiger partial charge in [-0.2, -0.15) is 0 Å². The van der Waals surface area contributed by atoms with Gasteiger partial charge in [-0.1, -0.05) is 23.4 Å². The van der Waals surface area contributed by atoms with Crippen LogP contribution in [0.3, 0.4) is 0 Å². The average molecular weight is 341 g/mol. The van der Waals surface area contributed by atoms with Crippen LogP contribution >= 0.6 is 0 Å². The molecule has 0 bridgehead atoms. The van der Waals surface area contributed by atoms with Gasteiger partial charge in [0.2, 0.25) is 5.91 Å². The molecule has 1 aliphatic heterocycles. The molecule has 1 atom stereocenters. The van der Waals surface area contributed by atoms with Crippen molar-refractivity contribution in [2.75, 3.05) is 25.5 Å². The van der Waals surface area contributed by atoms with Crippen molar-refractivity contribution in [2.45, 2.75) is 26.3 Å². The van der Waals surface area contributed by atoms with Gasteiger partial charge < -0.3 is 14.6 Å². The molecule has 0 fully saturated rings. The Kier molecular flexibility index (Phi) is 5.19. The molecule has 0 unspecified atom stereocenters. The minimum absolute atomic E-state index is 0.0744. The van der Waals surface area contributed by atoms with Crippen LogP contribution in [0.2, 0.25) is 0 Å². The first-order chi connectivity index (χ1) is 12.1. The van der Waals surface area contributed by atoms with Gasteiger partial charge in [-0.25, -0.2) is 0 Å². The summed E-state index contributed by atoms with van der Waals surface area (Å²) >= 11 is 0. The van der Waals surface area contributed by atoms with Crippen molar-refractivity contribution < 1.29 is 14.1 Å². The molecule has 1 aliphatic rings. The Bertz CT molecular complexity index is 764. The van der Waals surface area contributed by atoms with Crippen LogP contribution in [0, 0.1) is 6.92 Å². The van der Waals surface area contributed by atoms with Crippen LogP contribution in [0.5, 0.6) is 5.75 Å². The first-order valence-electron chi connectivity index (χ1n) is 8.38. The first kappa shape index (κ1) is 17.2. The molecular formula is C19H23N3O3. The molecule has 0 saturated heterocycles. The monoisotopic (exact) mass is 341 g/mol. The second-order valence-electron chi connectivity index (χ2n) is 6.19. The molecular weight excluding hydrogens is 318 g/mol. The zero-order valence-electron chi connectivity index (χ0n) is 14.8. The highest BCUT2D eigenvalue weighted by molar-refractivity contribution is 5.93. The number of ether oxygens (including phenoxy) is 1. The molecule has 3 rings (SSSR count). The fourth-order valence-corrected chi connectivity index (χ4v) is 2.93. The highest BCUT2D eigenvalue weighted by Gasteiger charge is 2.24. The molecule has 0 radical (unpaired) electrons. The molecule has 1 aromatic heterocycles. The quantitative estimate of drug-likeness (QED) is 0.905. The molecule has 2 aromatic rings. The molecule has 1 amide bonds. The summed E-state index contributed by atoms with van der Waals surface area (Å²) in [6.45, 7) is 5.29. The van der Waals surface area contributed by atoms with E-state index >= 15 is 0 Å². The van der Waals surface area contributed by atoms with E-state index in [0.29, 0.717) is 11.6 Å². The van der Waals surface area contributed by atoms with Gasteiger partial charge in [0.25, 0.3) is 0 Å². The second kappa shape index (κ2) is 7.53. The Morgan fingerprint density at radius 2 is 2.12 bits per heavy atom. The van der Waals surface area contributed by atoms with Crippen LogP contribution in [0.15, 0.2) is 40.9 Å². The Hall–Kier alpha value is -2.60. The third-order valence-corrected chi connectivity index (χ3v) is 4.51. The zero-order valence-corrected chi connectivity index (χ0v) is 14.8. The third kappa shape index (κ3) is 4.09. The number of carbonyl (C=O) groups is 1. The van der Waals surface area contributed by atoms with E-state index in [4.69, 9.17) is 9.26 Å². The molecule has 25 heavy (non-hydrogen) atoms. The van der Waals surface area contributed by atoms with E-state index in [0.717, 1.165) is 25.3 Å². The highest BCUT2D eigenvalue weighted by atomic mass is 16.5. The molecule has 1 aromatic carbocycles. The van der Waals surface area contributed by atoms with Gasteiger partial charge >= 0.3 is 0 Å². The van der Waals surface area contributed by atoms with E-state index in [2.05, 4.69) is 33.6 Å². The van der Waals surface area contributed by atoms with Crippen LogP contribution < -0.4 is 10.1 Å². The molecule has 6 heteroatoms. The summed E-state index contributed by atoms with van der Waals surface area (Å²) in [5.74, 6) is 1.92. The number of hydrogen-bond donors (Lipinski definition) is 1. The SMILES string of the molecule is COc1ccc(C2=CCN([C@H](C)C(=O)Nc3cc(C)on3)CC2)cc1. The van der Waals surface area contributed by atoms with Crippen molar-refractivity contribution in [2.24, 2.45) is 0 Å². The van der Waals surface area contributed by atoms with Crippen LogP contribution in [0.1, 0.15) is 24.7 Å².